The number of thiol groups is 1. The molecule has 2 unspecified atom stereocenters. The Bertz CT molecular complexity index is 613. The van der Waals surface area contributed by atoms with Crippen molar-refractivity contribution >= 4 is 12.6 Å². The van der Waals surface area contributed by atoms with Crippen LogP contribution >= 0.6 is 12.6 Å². The standard InChI is InChI=1S/C23H46N6S/c1-18(2)28-11-9-27(17-22(28)12-24-13-22)21(5,6)19(3)29-10-8-26(20(4)30)16-23(29)14-25(7)15-23/h18-20,24,30H,8-17H2,1-7H3. The van der Waals surface area contributed by atoms with Gasteiger partial charge in [0, 0.05) is 83.1 Å². The molecule has 2 atom stereocenters. The van der Waals surface area contributed by atoms with Gasteiger partial charge < -0.3 is 10.2 Å². The summed E-state index contributed by atoms with van der Waals surface area (Å²) in [6, 6.07) is 1.15. The lowest BCUT2D eigenvalue weighted by molar-refractivity contribution is -0.148. The molecule has 0 saturated carbocycles. The van der Waals surface area contributed by atoms with Crippen LogP contribution in [0.3, 0.4) is 0 Å². The highest BCUT2D eigenvalue weighted by Crippen LogP contribution is 2.39. The summed E-state index contributed by atoms with van der Waals surface area (Å²) >= 11 is 4.76. The predicted octanol–water partition coefficient (Wildman–Crippen LogP) is 1.10. The monoisotopic (exact) mass is 438 g/mol. The van der Waals surface area contributed by atoms with Crippen LogP contribution in [0.2, 0.25) is 0 Å². The zero-order valence-corrected chi connectivity index (χ0v) is 21.4. The lowest BCUT2D eigenvalue weighted by Gasteiger charge is -2.65. The van der Waals surface area contributed by atoms with Gasteiger partial charge in [0.05, 0.1) is 16.5 Å². The maximum atomic E-state index is 4.76. The van der Waals surface area contributed by atoms with Gasteiger partial charge in [-0.15, -0.1) is 0 Å². The Labute approximate surface area is 190 Å². The van der Waals surface area contributed by atoms with Crippen molar-refractivity contribution in [3.05, 3.63) is 0 Å². The van der Waals surface area contributed by atoms with Gasteiger partial charge in [0.1, 0.15) is 0 Å². The van der Waals surface area contributed by atoms with E-state index < -0.39 is 0 Å². The zero-order valence-electron chi connectivity index (χ0n) is 20.5. The summed E-state index contributed by atoms with van der Waals surface area (Å²) in [7, 11) is 2.26. The maximum absolute atomic E-state index is 4.76. The van der Waals surface area contributed by atoms with Crippen molar-refractivity contribution in [2.45, 2.75) is 75.6 Å². The second kappa shape index (κ2) is 8.15. The van der Waals surface area contributed by atoms with E-state index in [1.807, 2.05) is 0 Å². The van der Waals surface area contributed by atoms with E-state index in [-0.39, 0.29) is 11.1 Å². The minimum atomic E-state index is 0.154. The van der Waals surface area contributed by atoms with Crippen LogP contribution in [-0.4, -0.2) is 131 Å². The number of nitrogens with one attached hydrogen (secondary N) is 1. The minimum absolute atomic E-state index is 0.154. The van der Waals surface area contributed by atoms with E-state index in [2.05, 4.69) is 78.4 Å². The predicted molar refractivity (Wildman–Crippen MR) is 130 cm³/mol. The number of nitrogens with zero attached hydrogens (tertiary/aromatic N) is 5. The second-order valence-corrected chi connectivity index (χ2v) is 12.3. The molecular formula is C23H46N6S. The summed E-state index contributed by atoms with van der Waals surface area (Å²) in [6.45, 7) is 26.1. The molecule has 2 spiro atoms. The summed E-state index contributed by atoms with van der Waals surface area (Å²) in [5, 5.41) is 3.92. The molecule has 7 heteroatoms. The van der Waals surface area contributed by atoms with Gasteiger partial charge in [-0.3, -0.25) is 19.6 Å². The quantitative estimate of drug-likeness (QED) is 0.625. The van der Waals surface area contributed by atoms with E-state index in [0.717, 1.165) is 32.7 Å². The van der Waals surface area contributed by atoms with Crippen molar-refractivity contribution in [3.63, 3.8) is 0 Å². The largest absolute Gasteiger partial charge is 0.313 e. The molecule has 0 aliphatic carbocycles. The first kappa shape index (κ1) is 23.3. The number of hydrogen-bond acceptors (Lipinski definition) is 7. The second-order valence-electron chi connectivity index (χ2n) is 11.6. The molecule has 174 valence electrons. The average molecular weight is 439 g/mol. The lowest BCUT2D eigenvalue weighted by Crippen LogP contribution is -2.82. The van der Waals surface area contributed by atoms with Crippen LogP contribution in [-0.2, 0) is 0 Å². The van der Waals surface area contributed by atoms with E-state index in [0.29, 0.717) is 23.0 Å². The third-order valence-electron chi connectivity index (χ3n) is 8.93. The van der Waals surface area contributed by atoms with Crippen molar-refractivity contribution in [1.82, 2.24) is 29.8 Å². The molecule has 4 heterocycles. The van der Waals surface area contributed by atoms with Gasteiger partial charge in [0.2, 0.25) is 0 Å². The molecular weight excluding hydrogens is 392 g/mol. The molecule has 0 radical (unpaired) electrons. The first-order chi connectivity index (χ1) is 14.0. The Morgan fingerprint density at radius 2 is 1.47 bits per heavy atom. The van der Waals surface area contributed by atoms with Gasteiger partial charge in [-0.05, 0) is 48.6 Å². The smallest absolute Gasteiger partial charge is 0.0594 e. The van der Waals surface area contributed by atoms with Crippen LogP contribution in [0.1, 0.15) is 41.5 Å². The molecule has 4 aliphatic heterocycles. The molecule has 30 heavy (non-hydrogen) atoms. The van der Waals surface area contributed by atoms with Crippen LogP contribution < -0.4 is 5.32 Å². The van der Waals surface area contributed by atoms with Gasteiger partial charge in [0.25, 0.3) is 0 Å². The highest BCUT2D eigenvalue weighted by Gasteiger charge is 2.55. The molecule has 0 aromatic rings. The molecule has 4 fully saturated rings. The van der Waals surface area contributed by atoms with Gasteiger partial charge in [0.15, 0.2) is 0 Å². The van der Waals surface area contributed by atoms with Crippen LogP contribution in [0.4, 0.5) is 0 Å². The fourth-order valence-corrected chi connectivity index (χ4v) is 7.04. The van der Waals surface area contributed by atoms with E-state index in [1.54, 1.807) is 0 Å². The molecule has 0 aromatic heterocycles. The van der Waals surface area contributed by atoms with Crippen molar-refractivity contribution in [1.29, 1.82) is 0 Å². The molecule has 6 nitrogen and oxygen atoms in total. The van der Waals surface area contributed by atoms with Crippen molar-refractivity contribution in [2.75, 3.05) is 72.5 Å². The molecule has 4 rings (SSSR count). The Kier molecular flexibility index (Phi) is 6.33. The van der Waals surface area contributed by atoms with Gasteiger partial charge in [-0.2, -0.15) is 12.6 Å². The number of rotatable bonds is 5. The Morgan fingerprint density at radius 3 is 1.97 bits per heavy atom. The van der Waals surface area contributed by atoms with Crippen LogP contribution in [0.5, 0.6) is 0 Å². The van der Waals surface area contributed by atoms with Crippen molar-refractivity contribution in [2.24, 2.45) is 0 Å². The molecule has 4 aliphatic rings. The van der Waals surface area contributed by atoms with E-state index in [9.17, 15) is 0 Å². The highest BCUT2D eigenvalue weighted by atomic mass is 32.1. The zero-order chi connectivity index (χ0) is 21.9. The number of piperazine rings is 2. The Hall–Kier alpha value is 0.110. The van der Waals surface area contributed by atoms with Crippen molar-refractivity contribution < 1.29 is 0 Å². The SMILES string of the molecule is CC(S)N1CCN(C(C)C(C)(C)N2CCN(C(C)C)C3(CNC3)C2)C2(CN(C)C2)C1. The van der Waals surface area contributed by atoms with E-state index >= 15 is 0 Å². The van der Waals surface area contributed by atoms with E-state index in [4.69, 9.17) is 12.6 Å². The summed E-state index contributed by atoms with van der Waals surface area (Å²) < 4.78 is 0. The molecule has 1 N–H and O–H groups in total. The van der Waals surface area contributed by atoms with Gasteiger partial charge >= 0.3 is 0 Å². The maximum Gasteiger partial charge on any atom is 0.0594 e. The Morgan fingerprint density at radius 1 is 0.833 bits per heavy atom. The fraction of sp³-hybridized carbons (Fsp3) is 1.00. The minimum Gasteiger partial charge on any atom is -0.313 e. The summed E-state index contributed by atoms with van der Waals surface area (Å²) in [5.74, 6) is 0. The van der Waals surface area contributed by atoms with Crippen LogP contribution in [0, 0.1) is 0 Å². The lowest BCUT2D eigenvalue weighted by atomic mass is 9.79. The van der Waals surface area contributed by atoms with Gasteiger partial charge in [-0.1, -0.05) is 0 Å². The normalized spacial score (nSPS) is 31.1. The number of hydrogen-bond donors (Lipinski definition) is 2. The molecule has 0 aromatic carbocycles. The third kappa shape index (κ3) is 3.76. The van der Waals surface area contributed by atoms with Crippen LogP contribution in [0.25, 0.3) is 0 Å². The summed E-state index contributed by atoms with van der Waals surface area (Å²) in [6.07, 6.45) is 0. The van der Waals surface area contributed by atoms with E-state index in [1.165, 1.54) is 32.7 Å². The summed E-state index contributed by atoms with van der Waals surface area (Å²) in [4.78, 5) is 13.5. The fourth-order valence-electron chi connectivity index (χ4n) is 6.85. The first-order valence-electron chi connectivity index (χ1n) is 12.1. The summed E-state index contributed by atoms with van der Waals surface area (Å²) in [5.41, 5.74) is 0.773. The average Bonchev–Trinajstić information content (AvgIpc) is 2.64. The van der Waals surface area contributed by atoms with Crippen molar-refractivity contribution in [3.8, 4) is 0 Å². The topological polar surface area (TPSA) is 28.2 Å². The number of likely N-dealkylation sites (N-methyl/N-ethyl adjacent to an activating group) is 1. The first-order valence-corrected chi connectivity index (χ1v) is 12.6. The number of likely N-dealkylation sites (tertiary alicyclic amines) is 1. The Balaban J connectivity index is 1.51. The highest BCUT2D eigenvalue weighted by molar-refractivity contribution is 7.80. The molecule has 0 bridgehead atoms. The molecule has 4 saturated heterocycles. The van der Waals surface area contributed by atoms with Crippen LogP contribution in [0.15, 0.2) is 0 Å². The third-order valence-corrected chi connectivity index (χ3v) is 9.26. The van der Waals surface area contributed by atoms with Gasteiger partial charge in [-0.25, -0.2) is 0 Å². The molecule has 0 amide bonds.